The molecule has 2 aromatic rings. The predicted octanol–water partition coefficient (Wildman–Crippen LogP) is 5.39. The molecule has 2 rings (SSSR count). The fourth-order valence-corrected chi connectivity index (χ4v) is 2.24. The molecule has 2 nitrogen and oxygen atoms in total. The normalized spacial score (nSPS) is 10.3. The molecule has 0 heterocycles. The maximum atomic E-state index is 6.19. The van der Waals surface area contributed by atoms with Gasteiger partial charge in [0.15, 0.2) is 0 Å². The predicted molar refractivity (Wildman–Crippen MR) is 86.0 cm³/mol. The Morgan fingerprint density at radius 1 is 1.10 bits per heavy atom. The van der Waals surface area contributed by atoms with Crippen molar-refractivity contribution in [2.75, 3.05) is 11.9 Å². The Labute approximate surface area is 129 Å². The van der Waals surface area contributed by atoms with Crippen LogP contribution in [0.5, 0.6) is 5.75 Å². The van der Waals surface area contributed by atoms with Gasteiger partial charge in [0.2, 0.25) is 0 Å². The van der Waals surface area contributed by atoms with E-state index < -0.39 is 0 Å². The van der Waals surface area contributed by atoms with Crippen molar-refractivity contribution in [3.63, 3.8) is 0 Å². The van der Waals surface area contributed by atoms with Crippen molar-refractivity contribution in [1.82, 2.24) is 0 Å². The van der Waals surface area contributed by atoms with Crippen LogP contribution in [-0.2, 0) is 6.54 Å². The monoisotopic (exact) mass is 309 g/mol. The molecule has 0 unspecified atom stereocenters. The SMILES string of the molecule is CCCOc1ccc(NCc2cccc(Cl)c2)cc1Cl. The van der Waals surface area contributed by atoms with E-state index in [4.69, 9.17) is 27.9 Å². The van der Waals surface area contributed by atoms with Gasteiger partial charge < -0.3 is 10.1 Å². The van der Waals surface area contributed by atoms with Gasteiger partial charge in [0.05, 0.1) is 11.6 Å². The average molecular weight is 310 g/mol. The highest BCUT2D eigenvalue weighted by Crippen LogP contribution is 2.28. The van der Waals surface area contributed by atoms with Gasteiger partial charge in [-0.15, -0.1) is 0 Å². The Hall–Kier alpha value is -1.38. The summed E-state index contributed by atoms with van der Waals surface area (Å²) in [5.41, 5.74) is 2.08. The number of anilines is 1. The number of hydrogen-bond donors (Lipinski definition) is 1. The highest BCUT2D eigenvalue weighted by molar-refractivity contribution is 6.32. The van der Waals surface area contributed by atoms with Crippen LogP contribution in [0, 0.1) is 0 Å². The minimum Gasteiger partial charge on any atom is -0.492 e. The molecule has 0 aliphatic carbocycles. The molecular formula is C16H17Cl2NO. The van der Waals surface area contributed by atoms with E-state index in [0.717, 1.165) is 28.4 Å². The smallest absolute Gasteiger partial charge is 0.138 e. The molecule has 0 saturated heterocycles. The summed E-state index contributed by atoms with van der Waals surface area (Å²) in [7, 11) is 0. The molecule has 0 amide bonds. The van der Waals surface area contributed by atoms with E-state index in [-0.39, 0.29) is 0 Å². The highest BCUT2D eigenvalue weighted by atomic mass is 35.5. The largest absolute Gasteiger partial charge is 0.492 e. The van der Waals surface area contributed by atoms with Gasteiger partial charge in [0.1, 0.15) is 5.75 Å². The Morgan fingerprint density at radius 2 is 1.95 bits per heavy atom. The van der Waals surface area contributed by atoms with Crippen molar-refractivity contribution in [2.24, 2.45) is 0 Å². The molecule has 106 valence electrons. The lowest BCUT2D eigenvalue weighted by atomic mass is 10.2. The number of halogens is 2. The Kier molecular flexibility index (Phi) is 5.57. The third-order valence-corrected chi connectivity index (χ3v) is 3.31. The second-order valence-electron chi connectivity index (χ2n) is 4.48. The van der Waals surface area contributed by atoms with Crippen LogP contribution >= 0.6 is 23.2 Å². The van der Waals surface area contributed by atoms with E-state index in [1.54, 1.807) is 0 Å². The van der Waals surface area contributed by atoms with Crippen LogP contribution in [0.25, 0.3) is 0 Å². The Balaban J connectivity index is 1.98. The Morgan fingerprint density at radius 3 is 2.65 bits per heavy atom. The molecule has 0 fully saturated rings. The van der Waals surface area contributed by atoms with Crippen LogP contribution in [0.3, 0.4) is 0 Å². The minimum atomic E-state index is 0.620. The van der Waals surface area contributed by atoms with Crippen LogP contribution in [0.4, 0.5) is 5.69 Å². The van der Waals surface area contributed by atoms with Gasteiger partial charge in [-0.1, -0.05) is 42.3 Å². The van der Waals surface area contributed by atoms with Gasteiger partial charge in [0, 0.05) is 17.3 Å². The number of hydrogen-bond acceptors (Lipinski definition) is 2. The lowest BCUT2D eigenvalue weighted by Gasteiger charge is -2.10. The molecule has 20 heavy (non-hydrogen) atoms. The van der Waals surface area contributed by atoms with E-state index in [1.807, 2.05) is 42.5 Å². The number of rotatable bonds is 6. The fraction of sp³-hybridized carbons (Fsp3) is 0.250. The first-order valence-electron chi connectivity index (χ1n) is 6.59. The quantitative estimate of drug-likeness (QED) is 0.772. The van der Waals surface area contributed by atoms with E-state index >= 15 is 0 Å². The number of nitrogens with one attached hydrogen (secondary N) is 1. The zero-order chi connectivity index (χ0) is 14.4. The van der Waals surface area contributed by atoms with Gasteiger partial charge in [-0.2, -0.15) is 0 Å². The van der Waals surface area contributed by atoms with E-state index in [1.165, 1.54) is 0 Å². The average Bonchev–Trinajstić information content (AvgIpc) is 2.44. The van der Waals surface area contributed by atoms with Gasteiger partial charge in [0.25, 0.3) is 0 Å². The van der Waals surface area contributed by atoms with E-state index in [0.29, 0.717) is 18.2 Å². The zero-order valence-corrected chi connectivity index (χ0v) is 12.8. The van der Waals surface area contributed by atoms with Crippen molar-refractivity contribution in [3.8, 4) is 5.75 Å². The molecule has 0 bridgehead atoms. The maximum absolute atomic E-state index is 6.19. The van der Waals surface area contributed by atoms with Crippen molar-refractivity contribution < 1.29 is 4.74 Å². The molecule has 2 aromatic carbocycles. The first-order valence-corrected chi connectivity index (χ1v) is 7.35. The molecule has 0 aliphatic rings. The minimum absolute atomic E-state index is 0.620. The lowest BCUT2D eigenvalue weighted by Crippen LogP contribution is -2.00. The van der Waals surface area contributed by atoms with Crippen LogP contribution in [0.15, 0.2) is 42.5 Å². The summed E-state index contributed by atoms with van der Waals surface area (Å²) in [5.74, 6) is 0.724. The van der Waals surface area contributed by atoms with Crippen LogP contribution in [-0.4, -0.2) is 6.61 Å². The molecule has 0 aromatic heterocycles. The van der Waals surface area contributed by atoms with Crippen molar-refractivity contribution in [3.05, 3.63) is 58.1 Å². The molecule has 0 spiro atoms. The van der Waals surface area contributed by atoms with E-state index in [2.05, 4.69) is 12.2 Å². The lowest BCUT2D eigenvalue weighted by molar-refractivity contribution is 0.317. The molecule has 4 heteroatoms. The first kappa shape index (κ1) is 15.0. The summed E-state index contributed by atoms with van der Waals surface area (Å²) in [4.78, 5) is 0. The van der Waals surface area contributed by atoms with Crippen LogP contribution in [0.1, 0.15) is 18.9 Å². The fourth-order valence-electron chi connectivity index (χ4n) is 1.79. The summed E-state index contributed by atoms with van der Waals surface area (Å²) in [6.45, 7) is 3.44. The van der Waals surface area contributed by atoms with Gasteiger partial charge in [-0.25, -0.2) is 0 Å². The summed E-state index contributed by atoms with van der Waals surface area (Å²) in [6, 6.07) is 13.5. The van der Waals surface area contributed by atoms with Gasteiger partial charge in [-0.05, 0) is 42.3 Å². The van der Waals surface area contributed by atoms with Crippen LogP contribution < -0.4 is 10.1 Å². The van der Waals surface area contributed by atoms with Gasteiger partial charge >= 0.3 is 0 Å². The summed E-state index contributed by atoms with van der Waals surface area (Å²) >= 11 is 12.1. The number of benzene rings is 2. The van der Waals surface area contributed by atoms with Crippen LogP contribution in [0.2, 0.25) is 10.0 Å². The second-order valence-corrected chi connectivity index (χ2v) is 5.32. The third-order valence-electron chi connectivity index (χ3n) is 2.78. The zero-order valence-electron chi connectivity index (χ0n) is 11.3. The first-order chi connectivity index (χ1) is 9.69. The van der Waals surface area contributed by atoms with Crippen molar-refractivity contribution in [1.29, 1.82) is 0 Å². The molecular weight excluding hydrogens is 293 g/mol. The molecule has 0 aliphatic heterocycles. The summed E-state index contributed by atoms with van der Waals surface area (Å²) in [6.07, 6.45) is 0.963. The molecule has 1 N–H and O–H groups in total. The topological polar surface area (TPSA) is 21.3 Å². The summed E-state index contributed by atoms with van der Waals surface area (Å²) < 4.78 is 5.54. The van der Waals surface area contributed by atoms with E-state index in [9.17, 15) is 0 Å². The van der Waals surface area contributed by atoms with Gasteiger partial charge in [-0.3, -0.25) is 0 Å². The van der Waals surface area contributed by atoms with Crippen molar-refractivity contribution >= 4 is 28.9 Å². The standard InChI is InChI=1S/C16H17Cl2NO/c1-2-8-20-16-7-6-14(10-15(16)18)19-11-12-4-3-5-13(17)9-12/h3-7,9-10,19H,2,8,11H2,1H3. The Bertz CT molecular complexity index is 572. The second kappa shape index (κ2) is 7.41. The molecule has 0 radical (unpaired) electrons. The molecule has 0 saturated carbocycles. The van der Waals surface area contributed by atoms with Crippen molar-refractivity contribution in [2.45, 2.75) is 19.9 Å². The molecule has 0 atom stereocenters. The maximum Gasteiger partial charge on any atom is 0.138 e. The summed E-state index contributed by atoms with van der Waals surface area (Å²) in [5, 5.41) is 4.67. The highest BCUT2D eigenvalue weighted by Gasteiger charge is 2.03. The number of ether oxygens (including phenoxy) is 1. The third kappa shape index (κ3) is 4.32.